The maximum absolute atomic E-state index is 5.98. The van der Waals surface area contributed by atoms with Crippen molar-refractivity contribution in [3.63, 3.8) is 0 Å². The standard InChI is InChI=1S/C15H22N6/c1-20(13-9-7-12(16)8-10-13)11-15-17-18-19-21(15)14-5-3-2-4-6-14/h2-6,12-13H,7-11,16H2,1H3. The van der Waals surface area contributed by atoms with Gasteiger partial charge in [-0.15, -0.1) is 5.10 Å². The zero-order chi connectivity index (χ0) is 14.7. The molecule has 0 spiro atoms. The monoisotopic (exact) mass is 286 g/mol. The van der Waals surface area contributed by atoms with Crippen LogP contribution >= 0.6 is 0 Å². The quantitative estimate of drug-likeness (QED) is 0.919. The molecule has 1 aliphatic rings. The molecule has 2 aromatic rings. The van der Waals surface area contributed by atoms with Gasteiger partial charge in [0.25, 0.3) is 0 Å². The Morgan fingerprint density at radius 1 is 1.19 bits per heavy atom. The molecule has 0 radical (unpaired) electrons. The average molecular weight is 286 g/mol. The number of nitrogens with two attached hydrogens (primary N) is 1. The van der Waals surface area contributed by atoms with Crippen molar-refractivity contribution in [3.8, 4) is 5.69 Å². The van der Waals surface area contributed by atoms with Crippen molar-refractivity contribution in [1.29, 1.82) is 0 Å². The van der Waals surface area contributed by atoms with Crippen molar-refractivity contribution in [2.45, 2.75) is 44.3 Å². The van der Waals surface area contributed by atoms with Crippen LogP contribution in [0, 0.1) is 0 Å². The van der Waals surface area contributed by atoms with Gasteiger partial charge in [0.2, 0.25) is 0 Å². The highest BCUT2D eigenvalue weighted by Gasteiger charge is 2.23. The lowest BCUT2D eigenvalue weighted by Gasteiger charge is -2.33. The SMILES string of the molecule is CN(Cc1nnnn1-c1ccccc1)C1CCC(N)CC1. The summed E-state index contributed by atoms with van der Waals surface area (Å²) in [7, 11) is 2.14. The molecule has 1 aromatic carbocycles. The first kappa shape index (κ1) is 14.2. The summed E-state index contributed by atoms with van der Waals surface area (Å²) < 4.78 is 1.81. The first-order valence-electron chi connectivity index (χ1n) is 7.52. The van der Waals surface area contributed by atoms with Gasteiger partial charge >= 0.3 is 0 Å². The van der Waals surface area contributed by atoms with E-state index in [2.05, 4.69) is 27.5 Å². The van der Waals surface area contributed by atoms with Crippen molar-refractivity contribution in [3.05, 3.63) is 36.2 Å². The number of aromatic nitrogens is 4. The molecular weight excluding hydrogens is 264 g/mol. The third kappa shape index (κ3) is 3.28. The maximum atomic E-state index is 5.98. The first-order chi connectivity index (χ1) is 10.2. The fraction of sp³-hybridized carbons (Fsp3) is 0.533. The lowest BCUT2D eigenvalue weighted by molar-refractivity contribution is 0.171. The summed E-state index contributed by atoms with van der Waals surface area (Å²) in [5.41, 5.74) is 6.98. The Bertz CT molecular complexity index is 559. The molecule has 0 aliphatic heterocycles. The van der Waals surface area contributed by atoms with Crippen LogP contribution in [0.4, 0.5) is 0 Å². The van der Waals surface area contributed by atoms with Crippen molar-refractivity contribution >= 4 is 0 Å². The summed E-state index contributed by atoms with van der Waals surface area (Å²) in [4.78, 5) is 2.34. The zero-order valence-electron chi connectivity index (χ0n) is 12.4. The van der Waals surface area contributed by atoms with Crippen molar-refractivity contribution in [2.75, 3.05) is 7.05 Å². The fourth-order valence-electron chi connectivity index (χ4n) is 2.97. The molecule has 0 unspecified atom stereocenters. The minimum absolute atomic E-state index is 0.379. The highest BCUT2D eigenvalue weighted by molar-refractivity contribution is 5.30. The second-order valence-corrected chi connectivity index (χ2v) is 5.83. The second-order valence-electron chi connectivity index (χ2n) is 5.83. The Balaban J connectivity index is 1.70. The van der Waals surface area contributed by atoms with Gasteiger partial charge in [-0.3, -0.25) is 4.90 Å². The van der Waals surface area contributed by atoms with Crippen molar-refractivity contribution < 1.29 is 0 Å². The number of nitrogens with zero attached hydrogens (tertiary/aromatic N) is 5. The van der Waals surface area contributed by atoms with Crippen molar-refractivity contribution in [2.24, 2.45) is 5.73 Å². The number of benzene rings is 1. The molecule has 3 rings (SSSR count). The van der Waals surface area contributed by atoms with Crippen LogP contribution in [0.1, 0.15) is 31.5 Å². The summed E-state index contributed by atoms with van der Waals surface area (Å²) in [6.07, 6.45) is 4.53. The van der Waals surface area contributed by atoms with Gasteiger partial charge in [-0.25, -0.2) is 0 Å². The lowest BCUT2D eigenvalue weighted by atomic mass is 9.91. The number of rotatable bonds is 4. The summed E-state index contributed by atoms with van der Waals surface area (Å²) in [5, 5.41) is 12.1. The summed E-state index contributed by atoms with van der Waals surface area (Å²) in [6.45, 7) is 0.752. The molecule has 0 amide bonds. The zero-order valence-corrected chi connectivity index (χ0v) is 12.4. The minimum atomic E-state index is 0.379. The molecule has 0 saturated heterocycles. The average Bonchev–Trinajstić information content (AvgIpc) is 2.97. The fourth-order valence-corrected chi connectivity index (χ4v) is 2.97. The van der Waals surface area contributed by atoms with E-state index in [1.165, 1.54) is 0 Å². The third-order valence-corrected chi connectivity index (χ3v) is 4.29. The van der Waals surface area contributed by atoms with Crippen LogP contribution in [0.5, 0.6) is 0 Å². The highest BCUT2D eigenvalue weighted by Crippen LogP contribution is 2.22. The van der Waals surface area contributed by atoms with Crippen LogP contribution in [-0.2, 0) is 6.54 Å². The molecule has 2 N–H and O–H groups in total. The number of para-hydroxylation sites is 1. The Labute approximate surface area is 124 Å². The number of tetrazole rings is 1. The Kier molecular flexibility index (Phi) is 4.26. The van der Waals surface area contributed by atoms with E-state index in [0.29, 0.717) is 12.1 Å². The van der Waals surface area contributed by atoms with Gasteiger partial charge in [-0.2, -0.15) is 4.68 Å². The molecule has 6 nitrogen and oxygen atoms in total. The first-order valence-corrected chi connectivity index (χ1v) is 7.52. The molecule has 1 aliphatic carbocycles. The summed E-state index contributed by atoms with van der Waals surface area (Å²) in [5.74, 6) is 0.874. The Hall–Kier alpha value is -1.79. The van der Waals surface area contributed by atoms with Crippen molar-refractivity contribution in [1.82, 2.24) is 25.1 Å². The van der Waals surface area contributed by atoms with Gasteiger partial charge in [0, 0.05) is 12.1 Å². The molecular formula is C15H22N6. The van der Waals surface area contributed by atoms with Crippen LogP contribution < -0.4 is 5.73 Å². The lowest BCUT2D eigenvalue weighted by Crippen LogP contribution is -2.38. The van der Waals surface area contributed by atoms with Gasteiger partial charge in [0.1, 0.15) is 0 Å². The predicted octanol–water partition coefficient (Wildman–Crippen LogP) is 1.36. The summed E-state index contributed by atoms with van der Waals surface area (Å²) >= 11 is 0. The van der Waals surface area contributed by atoms with Gasteiger partial charge in [-0.1, -0.05) is 18.2 Å². The van der Waals surface area contributed by atoms with Crippen LogP contribution in [0.3, 0.4) is 0 Å². The molecule has 1 heterocycles. The second kappa shape index (κ2) is 6.32. The molecule has 112 valence electrons. The normalized spacial score (nSPS) is 22.6. The number of hydrogen-bond acceptors (Lipinski definition) is 5. The topological polar surface area (TPSA) is 72.9 Å². The van der Waals surface area contributed by atoms with E-state index in [0.717, 1.165) is 43.7 Å². The van der Waals surface area contributed by atoms with E-state index in [4.69, 9.17) is 5.73 Å². The van der Waals surface area contributed by atoms with Gasteiger partial charge < -0.3 is 5.73 Å². The summed E-state index contributed by atoms with van der Waals surface area (Å²) in [6, 6.07) is 11.0. The van der Waals surface area contributed by atoms with Crippen LogP contribution in [-0.4, -0.2) is 44.2 Å². The van der Waals surface area contributed by atoms with Crippen LogP contribution in [0.25, 0.3) is 5.69 Å². The maximum Gasteiger partial charge on any atom is 0.170 e. The predicted molar refractivity (Wildman–Crippen MR) is 80.9 cm³/mol. The van der Waals surface area contributed by atoms with Crippen LogP contribution in [0.2, 0.25) is 0 Å². The van der Waals surface area contributed by atoms with E-state index in [1.54, 1.807) is 0 Å². The molecule has 0 bridgehead atoms. The third-order valence-electron chi connectivity index (χ3n) is 4.29. The van der Waals surface area contributed by atoms with E-state index in [1.807, 2.05) is 35.0 Å². The molecule has 6 heteroatoms. The van der Waals surface area contributed by atoms with Crippen LogP contribution in [0.15, 0.2) is 30.3 Å². The Morgan fingerprint density at radius 2 is 1.90 bits per heavy atom. The molecule has 21 heavy (non-hydrogen) atoms. The highest BCUT2D eigenvalue weighted by atomic mass is 15.5. The molecule has 1 saturated carbocycles. The largest absolute Gasteiger partial charge is 0.328 e. The minimum Gasteiger partial charge on any atom is -0.328 e. The number of hydrogen-bond donors (Lipinski definition) is 1. The van der Waals surface area contributed by atoms with E-state index in [-0.39, 0.29) is 0 Å². The Morgan fingerprint density at radius 3 is 2.62 bits per heavy atom. The van der Waals surface area contributed by atoms with E-state index < -0.39 is 0 Å². The smallest absolute Gasteiger partial charge is 0.170 e. The van der Waals surface area contributed by atoms with Gasteiger partial charge in [0.05, 0.1) is 12.2 Å². The molecule has 0 atom stereocenters. The van der Waals surface area contributed by atoms with E-state index in [9.17, 15) is 0 Å². The molecule has 1 aromatic heterocycles. The van der Waals surface area contributed by atoms with Gasteiger partial charge in [-0.05, 0) is 55.3 Å². The van der Waals surface area contributed by atoms with Gasteiger partial charge in [0.15, 0.2) is 5.82 Å². The van der Waals surface area contributed by atoms with E-state index >= 15 is 0 Å². The molecule has 1 fully saturated rings.